The maximum Gasteiger partial charge on any atom is 0.119 e. The van der Waals surface area contributed by atoms with Gasteiger partial charge < -0.3 is 10.1 Å². The molecule has 0 spiro atoms. The molecule has 0 aromatic heterocycles. The second kappa shape index (κ2) is 6.31. The minimum absolute atomic E-state index is 0.687. The molecule has 0 atom stereocenters. The topological polar surface area (TPSA) is 21.3 Å². The van der Waals surface area contributed by atoms with Crippen LogP contribution in [-0.4, -0.2) is 6.61 Å². The van der Waals surface area contributed by atoms with E-state index in [4.69, 9.17) is 16.3 Å². The van der Waals surface area contributed by atoms with Crippen LogP contribution in [0.2, 0.25) is 5.02 Å². The molecule has 0 radical (unpaired) electrons. The van der Waals surface area contributed by atoms with Crippen molar-refractivity contribution in [2.75, 3.05) is 11.9 Å². The first-order chi connectivity index (χ1) is 8.79. The lowest BCUT2D eigenvalue weighted by molar-refractivity contribution is 0.340. The van der Waals surface area contributed by atoms with Gasteiger partial charge in [0, 0.05) is 17.3 Å². The van der Waals surface area contributed by atoms with Gasteiger partial charge in [0.1, 0.15) is 5.75 Å². The van der Waals surface area contributed by atoms with Gasteiger partial charge in [-0.2, -0.15) is 0 Å². The van der Waals surface area contributed by atoms with E-state index >= 15 is 0 Å². The Morgan fingerprint density at radius 3 is 2.44 bits per heavy atom. The molecule has 0 aliphatic rings. The van der Waals surface area contributed by atoms with Crippen LogP contribution in [0.5, 0.6) is 5.75 Å². The van der Waals surface area contributed by atoms with Crippen molar-refractivity contribution in [2.24, 2.45) is 0 Å². The number of anilines is 1. The molecule has 0 fully saturated rings. The van der Waals surface area contributed by atoms with E-state index in [1.807, 2.05) is 55.5 Å². The van der Waals surface area contributed by atoms with E-state index in [1.165, 1.54) is 0 Å². The number of benzene rings is 2. The van der Waals surface area contributed by atoms with Gasteiger partial charge in [-0.3, -0.25) is 0 Å². The van der Waals surface area contributed by atoms with Crippen LogP contribution < -0.4 is 10.1 Å². The number of halogens is 1. The van der Waals surface area contributed by atoms with Gasteiger partial charge in [-0.15, -0.1) is 0 Å². The van der Waals surface area contributed by atoms with Gasteiger partial charge in [0.2, 0.25) is 0 Å². The zero-order chi connectivity index (χ0) is 12.8. The van der Waals surface area contributed by atoms with Crippen LogP contribution in [0.25, 0.3) is 0 Å². The highest BCUT2D eigenvalue weighted by atomic mass is 35.5. The number of ether oxygens (including phenoxy) is 1. The van der Waals surface area contributed by atoms with E-state index in [-0.39, 0.29) is 0 Å². The van der Waals surface area contributed by atoms with Gasteiger partial charge in [-0.05, 0) is 42.8 Å². The molecule has 94 valence electrons. The molecule has 1 N–H and O–H groups in total. The first-order valence-electron chi connectivity index (χ1n) is 5.99. The first-order valence-corrected chi connectivity index (χ1v) is 6.37. The van der Waals surface area contributed by atoms with E-state index in [0.29, 0.717) is 13.2 Å². The quantitative estimate of drug-likeness (QED) is 0.864. The van der Waals surface area contributed by atoms with E-state index in [2.05, 4.69) is 5.32 Å². The Kier molecular flexibility index (Phi) is 4.48. The lowest BCUT2D eigenvalue weighted by atomic mass is 10.2. The molecular formula is C15H16ClNO. The molecule has 2 aromatic carbocycles. The molecule has 2 aromatic rings. The fourth-order valence-corrected chi connectivity index (χ4v) is 1.88. The molecule has 2 rings (SSSR count). The minimum atomic E-state index is 0.687. The third-order valence-electron chi connectivity index (χ3n) is 2.61. The smallest absolute Gasteiger partial charge is 0.119 e. The Labute approximate surface area is 113 Å². The summed E-state index contributed by atoms with van der Waals surface area (Å²) in [5.74, 6) is 0.890. The van der Waals surface area contributed by atoms with Crippen molar-refractivity contribution in [1.29, 1.82) is 0 Å². The van der Waals surface area contributed by atoms with Crippen molar-refractivity contribution in [2.45, 2.75) is 13.5 Å². The minimum Gasteiger partial charge on any atom is -0.494 e. The summed E-state index contributed by atoms with van der Waals surface area (Å²) in [7, 11) is 0. The summed E-state index contributed by atoms with van der Waals surface area (Å²) in [6.45, 7) is 3.38. The SMILES string of the molecule is CCOc1ccc(NCc2ccccc2Cl)cc1. The predicted molar refractivity (Wildman–Crippen MR) is 76.4 cm³/mol. The molecule has 0 amide bonds. The average Bonchev–Trinajstić information content (AvgIpc) is 2.40. The van der Waals surface area contributed by atoms with Crippen molar-refractivity contribution in [1.82, 2.24) is 0 Å². The molecule has 2 nitrogen and oxygen atoms in total. The summed E-state index contributed by atoms with van der Waals surface area (Å²) >= 11 is 6.10. The van der Waals surface area contributed by atoms with Crippen LogP contribution in [0.4, 0.5) is 5.69 Å². The maximum absolute atomic E-state index is 6.10. The van der Waals surface area contributed by atoms with Gasteiger partial charge in [-0.1, -0.05) is 29.8 Å². The van der Waals surface area contributed by atoms with E-state index in [1.54, 1.807) is 0 Å². The van der Waals surface area contributed by atoms with Crippen molar-refractivity contribution >= 4 is 17.3 Å². The summed E-state index contributed by atoms with van der Waals surface area (Å²) in [6.07, 6.45) is 0. The van der Waals surface area contributed by atoms with Crippen LogP contribution in [0, 0.1) is 0 Å². The van der Waals surface area contributed by atoms with Crippen molar-refractivity contribution in [3.8, 4) is 5.75 Å². The number of rotatable bonds is 5. The van der Waals surface area contributed by atoms with Crippen LogP contribution in [-0.2, 0) is 6.54 Å². The predicted octanol–water partition coefficient (Wildman–Crippen LogP) is 4.35. The summed E-state index contributed by atoms with van der Waals surface area (Å²) in [4.78, 5) is 0. The lowest BCUT2D eigenvalue weighted by Gasteiger charge is -2.09. The Hall–Kier alpha value is -1.67. The van der Waals surface area contributed by atoms with Gasteiger partial charge in [0.05, 0.1) is 6.61 Å². The third kappa shape index (κ3) is 3.41. The van der Waals surface area contributed by atoms with Crippen molar-refractivity contribution in [3.05, 3.63) is 59.1 Å². The van der Waals surface area contributed by atoms with Gasteiger partial charge in [-0.25, -0.2) is 0 Å². The zero-order valence-electron chi connectivity index (χ0n) is 10.3. The second-order valence-corrected chi connectivity index (χ2v) is 4.31. The Balaban J connectivity index is 1.96. The maximum atomic E-state index is 6.10. The molecule has 0 heterocycles. The van der Waals surface area contributed by atoms with Gasteiger partial charge >= 0.3 is 0 Å². The second-order valence-electron chi connectivity index (χ2n) is 3.90. The molecule has 3 heteroatoms. The first kappa shape index (κ1) is 12.8. The largest absolute Gasteiger partial charge is 0.494 e. The van der Waals surface area contributed by atoms with Crippen LogP contribution >= 0.6 is 11.6 Å². The molecule has 0 saturated heterocycles. The van der Waals surface area contributed by atoms with Gasteiger partial charge in [0.25, 0.3) is 0 Å². The molecular weight excluding hydrogens is 246 g/mol. The summed E-state index contributed by atoms with van der Waals surface area (Å²) < 4.78 is 5.39. The number of hydrogen-bond donors (Lipinski definition) is 1. The van der Waals surface area contributed by atoms with Gasteiger partial charge in [0.15, 0.2) is 0 Å². The highest BCUT2D eigenvalue weighted by Crippen LogP contribution is 2.19. The van der Waals surface area contributed by atoms with Crippen LogP contribution in [0.1, 0.15) is 12.5 Å². The Bertz CT molecular complexity index is 496. The van der Waals surface area contributed by atoms with Crippen molar-refractivity contribution < 1.29 is 4.74 Å². The van der Waals surface area contributed by atoms with Crippen LogP contribution in [0.3, 0.4) is 0 Å². The molecule has 0 bridgehead atoms. The van der Waals surface area contributed by atoms with E-state index in [0.717, 1.165) is 22.0 Å². The van der Waals surface area contributed by atoms with Crippen molar-refractivity contribution in [3.63, 3.8) is 0 Å². The highest BCUT2D eigenvalue weighted by Gasteiger charge is 1.99. The third-order valence-corrected chi connectivity index (χ3v) is 2.97. The monoisotopic (exact) mass is 261 g/mol. The standard InChI is InChI=1S/C15H16ClNO/c1-2-18-14-9-7-13(8-10-14)17-11-12-5-3-4-6-15(12)16/h3-10,17H,2,11H2,1H3. The molecule has 0 unspecified atom stereocenters. The zero-order valence-corrected chi connectivity index (χ0v) is 11.1. The summed E-state index contributed by atoms with van der Waals surface area (Å²) in [5, 5.41) is 4.12. The van der Waals surface area contributed by atoms with E-state index < -0.39 is 0 Å². The molecule has 18 heavy (non-hydrogen) atoms. The summed E-state index contributed by atoms with van der Waals surface area (Å²) in [5.41, 5.74) is 2.14. The molecule has 0 aliphatic heterocycles. The fraction of sp³-hybridized carbons (Fsp3) is 0.200. The average molecular weight is 262 g/mol. The number of hydrogen-bond acceptors (Lipinski definition) is 2. The van der Waals surface area contributed by atoms with E-state index in [9.17, 15) is 0 Å². The normalized spacial score (nSPS) is 10.1. The van der Waals surface area contributed by atoms with Crippen LogP contribution in [0.15, 0.2) is 48.5 Å². The number of nitrogens with one attached hydrogen (secondary N) is 1. The highest BCUT2D eigenvalue weighted by molar-refractivity contribution is 6.31. The Morgan fingerprint density at radius 1 is 1.06 bits per heavy atom. The lowest BCUT2D eigenvalue weighted by Crippen LogP contribution is -2.00. The molecule has 0 aliphatic carbocycles. The summed E-state index contributed by atoms with van der Waals surface area (Å²) in [6, 6.07) is 15.8. The Morgan fingerprint density at radius 2 is 1.78 bits per heavy atom. The molecule has 0 saturated carbocycles. The fourth-order valence-electron chi connectivity index (χ4n) is 1.67.